The van der Waals surface area contributed by atoms with E-state index in [2.05, 4.69) is 32.3 Å². The van der Waals surface area contributed by atoms with Gasteiger partial charge in [-0.05, 0) is 25.8 Å². The van der Waals surface area contributed by atoms with Gasteiger partial charge in [0.25, 0.3) is 0 Å². The van der Waals surface area contributed by atoms with Gasteiger partial charge in [-0.3, -0.25) is 14.8 Å². The summed E-state index contributed by atoms with van der Waals surface area (Å²) in [5.74, 6) is 0.987. The van der Waals surface area contributed by atoms with Crippen LogP contribution >= 0.6 is 0 Å². The zero-order valence-corrected chi connectivity index (χ0v) is 11.6. The van der Waals surface area contributed by atoms with Crippen LogP contribution in [0.5, 0.6) is 0 Å². The Bertz CT molecular complexity index is 378. The Hall–Kier alpha value is -1.43. The minimum atomic E-state index is 0.111. The van der Waals surface area contributed by atoms with Crippen molar-refractivity contribution >= 4 is 5.91 Å². The Morgan fingerprint density at radius 2 is 2.47 bits per heavy atom. The standard InChI is InChI=1S/C13H23N5O/c1-2-3-7-14-12(19)9-18-8-5-4-6-11(18)13-15-10-16-17-13/h10-11H,2-9H2,1H3,(H,14,19)(H,15,16,17)/t11-/m0/s1. The lowest BCUT2D eigenvalue weighted by atomic mass is 10.0. The molecule has 1 saturated heterocycles. The van der Waals surface area contributed by atoms with E-state index in [4.69, 9.17) is 0 Å². The molecular weight excluding hydrogens is 242 g/mol. The van der Waals surface area contributed by atoms with Crippen molar-refractivity contribution in [2.45, 2.75) is 45.1 Å². The molecule has 6 nitrogen and oxygen atoms in total. The number of H-pyrrole nitrogens is 1. The van der Waals surface area contributed by atoms with Gasteiger partial charge >= 0.3 is 0 Å². The Morgan fingerprint density at radius 1 is 1.58 bits per heavy atom. The SMILES string of the molecule is CCCCNC(=O)CN1CCCC[C@H]1c1ncn[nH]1. The Balaban J connectivity index is 1.87. The summed E-state index contributed by atoms with van der Waals surface area (Å²) in [5.41, 5.74) is 0. The number of aromatic nitrogens is 3. The smallest absolute Gasteiger partial charge is 0.234 e. The molecule has 1 atom stereocenters. The van der Waals surface area contributed by atoms with Crippen molar-refractivity contribution in [3.8, 4) is 0 Å². The summed E-state index contributed by atoms with van der Waals surface area (Å²) in [5, 5.41) is 9.81. The van der Waals surface area contributed by atoms with Gasteiger partial charge < -0.3 is 5.32 Å². The molecule has 2 rings (SSSR count). The number of amides is 1. The number of carbonyl (C=O) groups is 1. The fraction of sp³-hybridized carbons (Fsp3) is 0.769. The highest BCUT2D eigenvalue weighted by Crippen LogP contribution is 2.27. The second kappa shape index (κ2) is 7.23. The Morgan fingerprint density at radius 3 is 3.21 bits per heavy atom. The van der Waals surface area contributed by atoms with Crippen molar-refractivity contribution < 1.29 is 4.79 Å². The highest BCUT2D eigenvalue weighted by atomic mass is 16.2. The Labute approximate surface area is 114 Å². The van der Waals surface area contributed by atoms with Crippen LogP contribution in [0, 0.1) is 0 Å². The molecular formula is C13H23N5O. The van der Waals surface area contributed by atoms with E-state index < -0.39 is 0 Å². The van der Waals surface area contributed by atoms with E-state index in [9.17, 15) is 4.79 Å². The zero-order valence-electron chi connectivity index (χ0n) is 11.6. The van der Waals surface area contributed by atoms with Crippen LogP contribution in [0.2, 0.25) is 0 Å². The number of hydrogen-bond acceptors (Lipinski definition) is 4. The van der Waals surface area contributed by atoms with Crippen molar-refractivity contribution in [2.24, 2.45) is 0 Å². The van der Waals surface area contributed by atoms with Gasteiger partial charge in [-0.25, -0.2) is 4.98 Å². The van der Waals surface area contributed by atoms with E-state index in [1.54, 1.807) is 0 Å². The van der Waals surface area contributed by atoms with Gasteiger partial charge in [0, 0.05) is 6.54 Å². The van der Waals surface area contributed by atoms with Gasteiger partial charge in [0.1, 0.15) is 12.2 Å². The summed E-state index contributed by atoms with van der Waals surface area (Å²) >= 11 is 0. The highest BCUT2D eigenvalue weighted by Gasteiger charge is 2.27. The molecule has 1 fully saturated rings. The Kier molecular flexibility index (Phi) is 5.32. The molecule has 1 aromatic rings. The summed E-state index contributed by atoms with van der Waals surface area (Å²) in [6.45, 7) is 4.30. The molecule has 0 bridgehead atoms. The fourth-order valence-corrected chi connectivity index (χ4v) is 2.51. The molecule has 2 heterocycles. The van der Waals surface area contributed by atoms with Crippen LogP contribution in [0.15, 0.2) is 6.33 Å². The normalized spacial score (nSPS) is 20.4. The number of likely N-dealkylation sites (tertiary alicyclic amines) is 1. The lowest BCUT2D eigenvalue weighted by molar-refractivity contribution is -0.123. The lowest BCUT2D eigenvalue weighted by Crippen LogP contribution is -2.42. The average Bonchev–Trinajstić information content (AvgIpc) is 2.93. The van der Waals surface area contributed by atoms with Gasteiger partial charge in [0.05, 0.1) is 12.6 Å². The number of rotatable bonds is 6. The van der Waals surface area contributed by atoms with E-state index in [-0.39, 0.29) is 11.9 Å². The predicted molar refractivity (Wildman–Crippen MR) is 72.5 cm³/mol. The molecule has 106 valence electrons. The summed E-state index contributed by atoms with van der Waals surface area (Å²) in [6.07, 6.45) is 7.04. The first kappa shape index (κ1) is 14.0. The summed E-state index contributed by atoms with van der Waals surface area (Å²) < 4.78 is 0. The van der Waals surface area contributed by atoms with Crippen LogP contribution in [-0.4, -0.2) is 45.6 Å². The first-order valence-corrected chi connectivity index (χ1v) is 7.17. The van der Waals surface area contributed by atoms with E-state index in [1.165, 1.54) is 12.7 Å². The summed E-state index contributed by atoms with van der Waals surface area (Å²) in [6, 6.07) is 0.202. The number of nitrogens with one attached hydrogen (secondary N) is 2. The van der Waals surface area contributed by atoms with Crippen LogP contribution in [-0.2, 0) is 4.79 Å². The summed E-state index contributed by atoms with van der Waals surface area (Å²) in [7, 11) is 0. The zero-order chi connectivity index (χ0) is 13.5. The van der Waals surface area contributed by atoms with Gasteiger partial charge in [0.2, 0.25) is 5.91 Å². The van der Waals surface area contributed by atoms with Crippen LogP contribution in [0.25, 0.3) is 0 Å². The molecule has 0 aromatic carbocycles. The third-order valence-electron chi connectivity index (χ3n) is 3.56. The molecule has 1 aliphatic heterocycles. The lowest BCUT2D eigenvalue weighted by Gasteiger charge is -2.33. The minimum Gasteiger partial charge on any atom is -0.355 e. The topological polar surface area (TPSA) is 73.9 Å². The summed E-state index contributed by atoms with van der Waals surface area (Å²) in [4.78, 5) is 18.3. The highest BCUT2D eigenvalue weighted by molar-refractivity contribution is 5.78. The quantitative estimate of drug-likeness (QED) is 0.759. The van der Waals surface area contributed by atoms with E-state index in [0.29, 0.717) is 6.54 Å². The van der Waals surface area contributed by atoms with Gasteiger partial charge in [-0.15, -0.1) is 0 Å². The molecule has 0 unspecified atom stereocenters. The number of aromatic amines is 1. The van der Waals surface area contributed by atoms with E-state index in [1.807, 2.05) is 0 Å². The van der Waals surface area contributed by atoms with Crippen LogP contribution < -0.4 is 5.32 Å². The van der Waals surface area contributed by atoms with Crippen molar-refractivity contribution in [3.05, 3.63) is 12.2 Å². The predicted octanol–water partition coefficient (Wildman–Crippen LogP) is 1.25. The van der Waals surface area contributed by atoms with E-state index in [0.717, 1.165) is 44.6 Å². The van der Waals surface area contributed by atoms with Gasteiger partial charge in [-0.2, -0.15) is 5.10 Å². The molecule has 1 amide bonds. The molecule has 1 aliphatic rings. The second-order valence-corrected chi connectivity index (χ2v) is 5.06. The molecule has 0 aliphatic carbocycles. The van der Waals surface area contributed by atoms with Crippen LogP contribution in [0.4, 0.5) is 0 Å². The maximum absolute atomic E-state index is 11.9. The average molecular weight is 265 g/mol. The minimum absolute atomic E-state index is 0.111. The van der Waals surface area contributed by atoms with Crippen LogP contribution in [0.1, 0.15) is 50.9 Å². The number of hydrogen-bond donors (Lipinski definition) is 2. The van der Waals surface area contributed by atoms with Crippen molar-refractivity contribution in [2.75, 3.05) is 19.6 Å². The maximum atomic E-state index is 11.9. The molecule has 6 heteroatoms. The molecule has 0 spiro atoms. The van der Waals surface area contributed by atoms with Crippen LogP contribution in [0.3, 0.4) is 0 Å². The van der Waals surface area contributed by atoms with Gasteiger partial charge in [-0.1, -0.05) is 19.8 Å². The maximum Gasteiger partial charge on any atom is 0.234 e. The molecule has 2 N–H and O–H groups in total. The molecule has 0 radical (unpaired) electrons. The van der Waals surface area contributed by atoms with Crippen molar-refractivity contribution in [3.63, 3.8) is 0 Å². The second-order valence-electron chi connectivity index (χ2n) is 5.06. The fourth-order valence-electron chi connectivity index (χ4n) is 2.51. The number of unbranched alkanes of at least 4 members (excludes halogenated alkanes) is 1. The first-order valence-electron chi connectivity index (χ1n) is 7.17. The molecule has 1 aromatic heterocycles. The molecule has 0 saturated carbocycles. The van der Waals surface area contributed by atoms with Gasteiger partial charge in [0.15, 0.2) is 0 Å². The van der Waals surface area contributed by atoms with E-state index >= 15 is 0 Å². The number of piperidine rings is 1. The molecule has 19 heavy (non-hydrogen) atoms. The third kappa shape index (κ3) is 4.02. The monoisotopic (exact) mass is 265 g/mol. The number of nitrogens with zero attached hydrogens (tertiary/aromatic N) is 3. The van der Waals surface area contributed by atoms with Crippen molar-refractivity contribution in [1.29, 1.82) is 0 Å². The van der Waals surface area contributed by atoms with Crippen molar-refractivity contribution in [1.82, 2.24) is 25.4 Å². The third-order valence-corrected chi connectivity index (χ3v) is 3.56. The number of carbonyl (C=O) groups excluding carboxylic acids is 1. The first-order chi connectivity index (χ1) is 9.31. The largest absolute Gasteiger partial charge is 0.355 e.